The molecule has 0 saturated carbocycles. The Hall–Kier alpha value is -2.00. The average Bonchev–Trinajstić information content (AvgIpc) is 2.33. The number of carbonyl (C=O) groups is 2. The molecule has 0 aromatic heterocycles. The van der Waals surface area contributed by atoms with Crippen LogP contribution < -0.4 is 10.6 Å². The number of rotatable bonds is 4. The molecule has 5 nitrogen and oxygen atoms in total. The molecule has 0 radical (unpaired) electrons. The molecule has 0 heterocycles. The first-order valence-electron chi connectivity index (χ1n) is 5.85. The predicted octanol–water partition coefficient (Wildman–Crippen LogP) is 2.66. The van der Waals surface area contributed by atoms with Gasteiger partial charge >= 0.3 is 12.0 Å². The number of urea groups is 1. The number of halogens is 1. The summed E-state index contributed by atoms with van der Waals surface area (Å²) < 4.78 is 0.731. The Labute approximate surface area is 125 Å². The SMILES string of the molecule is C#CCC(NC(=O)Nc1c(C)cc(C)cc1Br)C(=O)O. The fourth-order valence-corrected chi connectivity index (χ4v) is 2.47. The van der Waals surface area contributed by atoms with Gasteiger partial charge in [0.15, 0.2) is 0 Å². The van der Waals surface area contributed by atoms with E-state index in [-0.39, 0.29) is 6.42 Å². The van der Waals surface area contributed by atoms with Gasteiger partial charge in [-0.3, -0.25) is 0 Å². The average molecular weight is 339 g/mol. The van der Waals surface area contributed by atoms with Crippen molar-refractivity contribution in [2.75, 3.05) is 5.32 Å². The number of carboxylic acids is 1. The molecule has 1 rings (SSSR count). The zero-order valence-electron chi connectivity index (χ0n) is 11.2. The molecule has 106 valence electrons. The molecule has 0 aliphatic heterocycles. The number of hydrogen-bond donors (Lipinski definition) is 3. The number of aliphatic carboxylic acids is 1. The van der Waals surface area contributed by atoms with Crippen LogP contribution in [-0.2, 0) is 4.79 Å². The summed E-state index contributed by atoms with van der Waals surface area (Å²) in [5, 5.41) is 13.9. The number of amides is 2. The van der Waals surface area contributed by atoms with E-state index in [1.807, 2.05) is 26.0 Å². The second kappa shape index (κ2) is 6.96. The topological polar surface area (TPSA) is 78.4 Å². The lowest BCUT2D eigenvalue weighted by Crippen LogP contribution is -2.42. The summed E-state index contributed by atoms with van der Waals surface area (Å²) in [6.45, 7) is 3.79. The van der Waals surface area contributed by atoms with Gasteiger partial charge in [0.05, 0.1) is 5.69 Å². The van der Waals surface area contributed by atoms with Crippen molar-refractivity contribution in [3.63, 3.8) is 0 Å². The molecule has 1 aromatic rings. The van der Waals surface area contributed by atoms with Crippen LogP contribution in [-0.4, -0.2) is 23.1 Å². The van der Waals surface area contributed by atoms with Crippen molar-refractivity contribution < 1.29 is 14.7 Å². The molecule has 0 aliphatic carbocycles. The molecule has 6 heteroatoms. The molecule has 3 N–H and O–H groups in total. The number of anilines is 1. The minimum Gasteiger partial charge on any atom is -0.480 e. The Morgan fingerprint density at radius 3 is 2.60 bits per heavy atom. The van der Waals surface area contributed by atoms with Gasteiger partial charge in [-0.2, -0.15) is 0 Å². The maximum Gasteiger partial charge on any atom is 0.327 e. The van der Waals surface area contributed by atoms with E-state index in [2.05, 4.69) is 32.5 Å². The lowest BCUT2D eigenvalue weighted by atomic mass is 10.1. The van der Waals surface area contributed by atoms with E-state index >= 15 is 0 Å². The van der Waals surface area contributed by atoms with E-state index in [1.54, 1.807) is 0 Å². The van der Waals surface area contributed by atoms with Gasteiger partial charge in [0.1, 0.15) is 6.04 Å². The van der Waals surface area contributed by atoms with Gasteiger partial charge in [0.25, 0.3) is 0 Å². The Kier molecular flexibility index (Phi) is 5.59. The van der Waals surface area contributed by atoms with Crippen molar-refractivity contribution in [1.29, 1.82) is 0 Å². The third kappa shape index (κ3) is 4.28. The Bertz CT molecular complexity index is 555. The smallest absolute Gasteiger partial charge is 0.327 e. The maximum atomic E-state index is 11.8. The molecule has 0 spiro atoms. The molecule has 1 unspecified atom stereocenters. The summed E-state index contributed by atoms with van der Waals surface area (Å²) in [6.07, 6.45) is 5.00. The number of carboxylic acid groups (broad SMARTS) is 1. The first-order chi connectivity index (χ1) is 9.35. The first-order valence-corrected chi connectivity index (χ1v) is 6.65. The normalized spacial score (nSPS) is 11.3. The van der Waals surface area contributed by atoms with Crippen molar-refractivity contribution in [2.24, 2.45) is 0 Å². The highest BCUT2D eigenvalue weighted by Gasteiger charge is 2.19. The monoisotopic (exact) mass is 338 g/mol. The Morgan fingerprint density at radius 2 is 2.10 bits per heavy atom. The second-order valence-electron chi connectivity index (χ2n) is 4.34. The van der Waals surface area contributed by atoms with E-state index < -0.39 is 18.0 Å². The Morgan fingerprint density at radius 1 is 1.45 bits per heavy atom. The van der Waals surface area contributed by atoms with Crippen LogP contribution in [0.25, 0.3) is 0 Å². The van der Waals surface area contributed by atoms with Crippen molar-refractivity contribution >= 4 is 33.6 Å². The van der Waals surface area contributed by atoms with E-state index in [1.165, 1.54) is 0 Å². The zero-order valence-corrected chi connectivity index (χ0v) is 12.7. The standard InChI is InChI=1S/C14H15BrN2O3/c1-4-5-11(13(18)19)16-14(20)17-12-9(3)6-8(2)7-10(12)15/h1,6-7,11H,5H2,2-3H3,(H,18,19)(H2,16,17,20). The van der Waals surface area contributed by atoms with Gasteiger partial charge in [0.2, 0.25) is 0 Å². The number of nitrogens with one attached hydrogen (secondary N) is 2. The zero-order chi connectivity index (χ0) is 15.3. The van der Waals surface area contributed by atoms with Gasteiger partial charge < -0.3 is 15.7 Å². The van der Waals surface area contributed by atoms with Crippen molar-refractivity contribution in [3.8, 4) is 12.3 Å². The molecule has 1 atom stereocenters. The predicted molar refractivity (Wildman–Crippen MR) is 80.6 cm³/mol. The van der Waals surface area contributed by atoms with Crippen LogP contribution >= 0.6 is 15.9 Å². The highest BCUT2D eigenvalue weighted by molar-refractivity contribution is 9.10. The highest BCUT2D eigenvalue weighted by Crippen LogP contribution is 2.27. The van der Waals surface area contributed by atoms with Gasteiger partial charge in [0, 0.05) is 10.9 Å². The first kappa shape index (κ1) is 16.1. The molecular weight excluding hydrogens is 324 g/mol. The highest BCUT2D eigenvalue weighted by atomic mass is 79.9. The van der Waals surface area contributed by atoms with Crippen molar-refractivity contribution in [3.05, 3.63) is 27.7 Å². The van der Waals surface area contributed by atoms with Crippen LogP contribution in [0.3, 0.4) is 0 Å². The number of hydrogen-bond acceptors (Lipinski definition) is 2. The minimum absolute atomic E-state index is 0.0726. The van der Waals surface area contributed by atoms with Gasteiger partial charge in [-0.1, -0.05) is 6.07 Å². The summed E-state index contributed by atoms with van der Waals surface area (Å²) >= 11 is 3.36. The van der Waals surface area contributed by atoms with Gasteiger partial charge in [-0.05, 0) is 47.0 Å². The van der Waals surface area contributed by atoms with Crippen LogP contribution in [0.4, 0.5) is 10.5 Å². The van der Waals surface area contributed by atoms with Crippen LogP contribution in [0, 0.1) is 26.2 Å². The summed E-state index contributed by atoms with van der Waals surface area (Å²) in [4.78, 5) is 22.7. The fourth-order valence-electron chi connectivity index (χ4n) is 1.70. The van der Waals surface area contributed by atoms with Gasteiger partial charge in [-0.25, -0.2) is 9.59 Å². The van der Waals surface area contributed by atoms with E-state index in [4.69, 9.17) is 11.5 Å². The molecule has 0 bridgehead atoms. The minimum atomic E-state index is -1.17. The van der Waals surface area contributed by atoms with E-state index in [0.717, 1.165) is 15.6 Å². The molecule has 1 aromatic carbocycles. The molecule has 0 aliphatic rings. The van der Waals surface area contributed by atoms with Crippen LogP contribution in [0.1, 0.15) is 17.5 Å². The molecule has 2 amide bonds. The Balaban J connectivity index is 2.81. The lowest BCUT2D eigenvalue weighted by Gasteiger charge is -2.15. The summed E-state index contributed by atoms with van der Waals surface area (Å²) in [5.74, 6) is 1.05. The van der Waals surface area contributed by atoms with Crippen LogP contribution in [0.5, 0.6) is 0 Å². The maximum absolute atomic E-state index is 11.8. The molecular formula is C14H15BrN2O3. The number of carbonyl (C=O) groups excluding carboxylic acids is 1. The molecule has 20 heavy (non-hydrogen) atoms. The lowest BCUT2D eigenvalue weighted by molar-refractivity contribution is -0.139. The fraction of sp³-hybridized carbons (Fsp3) is 0.286. The number of aryl methyl sites for hydroxylation is 2. The van der Waals surface area contributed by atoms with Crippen LogP contribution in [0.2, 0.25) is 0 Å². The quantitative estimate of drug-likeness (QED) is 0.738. The van der Waals surface area contributed by atoms with Crippen molar-refractivity contribution in [1.82, 2.24) is 5.32 Å². The molecule has 0 fully saturated rings. The van der Waals surface area contributed by atoms with Crippen molar-refractivity contribution in [2.45, 2.75) is 26.3 Å². The third-order valence-electron chi connectivity index (χ3n) is 2.60. The van der Waals surface area contributed by atoms with Gasteiger partial charge in [-0.15, -0.1) is 12.3 Å². The van der Waals surface area contributed by atoms with E-state index in [0.29, 0.717) is 5.69 Å². The second-order valence-corrected chi connectivity index (χ2v) is 5.19. The summed E-state index contributed by atoms with van der Waals surface area (Å²) in [6, 6.07) is 2.06. The summed E-state index contributed by atoms with van der Waals surface area (Å²) in [5.41, 5.74) is 2.52. The third-order valence-corrected chi connectivity index (χ3v) is 3.22. The van der Waals surface area contributed by atoms with E-state index in [9.17, 15) is 9.59 Å². The number of terminal acetylenes is 1. The largest absolute Gasteiger partial charge is 0.480 e. The van der Waals surface area contributed by atoms with Crippen LogP contribution in [0.15, 0.2) is 16.6 Å². The molecule has 0 saturated heterocycles. The summed E-state index contributed by atoms with van der Waals surface area (Å²) in [7, 11) is 0. The number of benzene rings is 1.